The summed E-state index contributed by atoms with van der Waals surface area (Å²) in [5.74, 6) is 0.576. The van der Waals surface area contributed by atoms with E-state index in [0.29, 0.717) is 5.92 Å². The lowest BCUT2D eigenvalue weighted by Crippen LogP contribution is -2.45. The predicted molar refractivity (Wildman–Crippen MR) is 80.3 cm³/mol. The standard InChI is InChI=1S/C16H13BrN2/c17-15-7-6-13(9-18)16(8-15)19-10-14(11-19)12-4-2-1-3-5-12/h1-8,14H,10-11H2. The van der Waals surface area contributed by atoms with Gasteiger partial charge in [-0.25, -0.2) is 0 Å². The maximum atomic E-state index is 9.17. The van der Waals surface area contributed by atoms with Crippen LogP contribution in [0.25, 0.3) is 0 Å². The number of nitriles is 1. The summed E-state index contributed by atoms with van der Waals surface area (Å²) in [6.07, 6.45) is 0. The average Bonchev–Trinajstić information content (AvgIpc) is 2.39. The summed E-state index contributed by atoms with van der Waals surface area (Å²) in [6.45, 7) is 1.96. The maximum Gasteiger partial charge on any atom is 0.101 e. The van der Waals surface area contributed by atoms with Crippen LogP contribution < -0.4 is 4.90 Å². The van der Waals surface area contributed by atoms with Crippen LogP contribution in [0.4, 0.5) is 5.69 Å². The van der Waals surface area contributed by atoms with Crippen molar-refractivity contribution in [1.29, 1.82) is 5.26 Å². The van der Waals surface area contributed by atoms with Gasteiger partial charge in [0.15, 0.2) is 0 Å². The van der Waals surface area contributed by atoms with Gasteiger partial charge in [-0.3, -0.25) is 0 Å². The van der Waals surface area contributed by atoms with Crippen LogP contribution in [-0.4, -0.2) is 13.1 Å². The van der Waals surface area contributed by atoms with Gasteiger partial charge in [-0.1, -0.05) is 46.3 Å². The summed E-state index contributed by atoms with van der Waals surface area (Å²) in [7, 11) is 0. The molecule has 0 aromatic heterocycles. The van der Waals surface area contributed by atoms with Crippen molar-refractivity contribution in [1.82, 2.24) is 0 Å². The summed E-state index contributed by atoms with van der Waals surface area (Å²) >= 11 is 3.47. The zero-order chi connectivity index (χ0) is 13.2. The first-order valence-corrected chi connectivity index (χ1v) is 7.07. The zero-order valence-corrected chi connectivity index (χ0v) is 12.0. The smallest absolute Gasteiger partial charge is 0.101 e. The summed E-state index contributed by atoms with van der Waals surface area (Å²) in [5, 5.41) is 9.17. The second-order valence-electron chi connectivity index (χ2n) is 4.79. The molecule has 1 aliphatic heterocycles. The monoisotopic (exact) mass is 312 g/mol. The predicted octanol–water partition coefficient (Wildman–Crippen LogP) is 3.92. The van der Waals surface area contributed by atoms with Crippen molar-refractivity contribution < 1.29 is 0 Å². The fourth-order valence-corrected chi connectivity index (χ4v) is 2.82. The Labute approximate surface area is 121 Å². The summed E-state index contributed by atoms with van der Waals surface area (Å²) in [4.78, 5) is 2.26. The largest absolute Gasteiger partial charge is 0.369 e. The van der Waals surface area contributed by atoms with Gasteiger partial charge in [0.2, 0.25) is 0 Å². The number of hydrogen-bond donors (Lipinski definition) is 0. The first-order chi connectivity index (χ1) is 9.28. The Morgan fingerprint density at radius 2 is 1.84 bits per heavy atom. The fourth-order valence-electron chi connectivity index (χ4n) is 2.47. The third-order valence-electron chi connectivity index (χ3n) is 3.57. The van der Waals surface area contributed by atoms with E-state index in [9.17, 15) is 0 Å². The molecule has 2 aromatic carbocycles. The quantitative estimate of drug-likeness (QED) is 0.840. The highest BCUT2D eigenvalue weighted by atomic mass is 79.9. The van der Waals surface area contributed by atoms with Crippen LogP contribution in [0.15, 0.2) is 53.0 Å². The summed E-state index contributed by atoms with van der Waals surface area (Å²) < 4.78 is 1.02. The minimum atomic E-state index is 0.576. The number of hydrogen-bond acceptors (Lipinski definition) is 2. The Bertz CT molecular complexity index is 625. The molecule has 1 fully saturated rings. The third-order valence-corrected chi connectivity index (χ3v) is 4.07. The number of nitrogens with zero attached hydrogens (tertiary/aromatic N) is 2. The normalized spacial score (nSPS) is 14.8. The fraction of sp³-hybridized carbons (Fsp3) is 0.188. The molecule has 0 N–H and O–H groups in total. The summed E-state index contributed by atoms with van der Waals surface area (Å²) in [5.41, 5.74) is 3.16. The van der Waals surface area contributed by atoms with Gasteiger partial charge in [0, 0.05) is 23.5 Å². The Morgan fingerprint density at radius 1 is 1.11 bits per heavy atom. The van der Waals surface area contributed by atoms with Crippen LogP contribution in [0.1, 0.15) is 17.0 Å². The molecule has 0 aliphatic carbocycles. The Balaban J connectivity index is 1.78. The van der Waals surface area contributed by atoms with Gasteiger partial charge in [-0.2, -0.15) is 5.26 Å². The van der Waals surface area contributed by atoms with E-state index in [4.69, 9.17) is 5.26 Å². The van der Waals surface area contributed by atoms with Gasteiger partial charge in [0.25, 0.3) is 0 Å². The minimum Gasteiger partial charge on any atom is -0.369 e. The topological polar surface area (TPSA) is 27.0 Å². The molecule has 3 rings (SSSR count). The molecule has 1 saturated heterocycles. The first kappa shape index (κ1) is 12.3. The Morgan fingerprint density at radius 3 is 2.53 bits per heavy atom. The van der Waals surface area contributed by atoms with Crippen LogP contribution >= 0.6 is 15.9 Å². The molecule has 3 heteroatoms. The van der Waals surface area contributed by atoms with Crippen LogP contribution in [0, 0.1) is 11.3 Å². The van der Waals surface area contributed by atoms with E-state index in [1.807, 2.05) is 24.3 Å². The molecule has 0 amide bonds. The van der Waals surface area contributed by atoms with E-state index < -0.39 is 0 Å². The molecular formula is C16H13BrN2. The van der Waals surface area contributed by atoms with Gasteiger partial charge in [-0.15, -0.1) is 0 Å². The second-order valence-corrected chi connectivity index (χ2v) is 5.70. The molecular weight excluding hydrogens is 300 g/mol. The SMILES string of the molecule is N#Cc1ccc(Br)cc1N1CC(c2ccccc2)C1. The molecule has 2 aromatic rings. The van der Waals surface area contributed by atoms with Crippen LogP contribution in [0.2, 0.25) is 0 Å². The lowest BCUT2D eigenvalue weighted by molar-refractivity contribution is 0.525. The number of benzene rings is 2. The molecule has 1 heterocycles. The highest BCUT2D eigenvalue weighted by Gasteiger charge is 2.29. The van der Waals surface area contributed by atoms with Crippen molar-refractivity contribution in [3.63, 3.8) is 0 Å². The lowest BCUT2D eigenvalue weighted by Gasteiger charge is -2.41. The number of halogens is 1. The van der Waals surface area contributed by atoms with E-state index in [1.165, 1.54) is 5.56 Å². The van der Waals surface area contributed by atoms with Crippen LogP contribution in [-0.2, 0) is 0 Å². The van der Waals surface area contributed by atoms with Crippen molar-refractivity contribution in [3.05, 3.63) is 64.1 Å². The van der Waals surface area contributed by atoms with Crippen molar-refractivity contribution in [2.75, 3.05) is 18.0 Å². The van der Waals surface area contributed by atoms with Crippen molar-refractivity contribution in [3.8, 4) is 6.07 Å². The molecule has 0 saturated carbocycles. The van der Waals surface area contributed by atoms with Crippen LogP contribution in [0.5, 0.6) is 0 Å². The minimum absolute atomic E-state index is 0.576. The van der Waals surface area contributed by atoms with Crippen LogP contribution in [0.3, 0.4) is 0 Å². The first-order valence-electron chi connectivity index (χ1n) is 6.27. The third kappa shape index (κ3) is 2.36. The maximum absolute atomic E-state index is 9.17. The zero-order valence-electron chi connectivity index (χ0n) is 10.4. The molecule has 0 radical (unpaired) electrons. The Kier molecular flexibility index (Phi) is 3.27. The molecule has 0 bridgehead atoms. The molecule has 0 atom stereocenters. The van der Waals surface area contributed by atoms with E-state index in [0.717, 1.165) is 28.8 Å². The average molecular weight is 313 g/mol. The molecule has 94 valence electrons. The van der Waals surface area contributed by atoms with Gasteiger partial charge >= 0.3 is 0 Å². The van der Waals surface area contributed by atoms with E-state index in [-0.39, 0.29) is 0 Å². The lowest BCUT2D eigenvalue weighted by atomic mass is 9.90. The van der Waals surface area contributed by atoms with E-state index in [1.54, 1.807) is 0 Å². The van der Waals surface area contributed by atoms with Gasteiger partial charge in [0.05, 0.1) is 11.3 Å². The van der Waals surface area contributed by atoms with E-state index >= 15 is 0 Å². The van der Waals surface area contributed by atoms with Gasteiger partial charge < -0.3 is 4.90 Å². The van der Waals surface area contributed by atoms with Crippen molar-refractivity contribution >= 4 is 21.6 Å². The highest BCUT2D eigenvalue weighted by Crippen LogP contribution is 2.34. The molecule has 1 aliphatic rings. The number of rotatable bonds is 2. The van der Waals surface area contributed by atoms with Gasteiger partial charge in [-0.05, 0) is 23.8 Å². The molecule has 0 spiro atoms. The molecule has 19 heavy (non-hydrogen) atoms. The molecule has 2 nitrogen and oxygen atoms in total. The number of anilines is 1. The molecule has 0 unspecified atom stereocenters. The van der Waals surface area contributed by atoms with Crippen molar-refractivity contribution in [2.24, 2.45) is 0 Å². The Hall–Kier alpha value is -1.79. The highest BCUT2D eigenvalue weighted by molar-refractivity contribution is 9.10. The summed E-state index contributed by atoms with van der Waals surface area (Å²) in [6, 6.07) is 18.6. The van der Waals surface area contributed by atoms with Crippen molar-refractivity contribution in [2.45, 2.75) is 5.92 Å². The van der Waals surface area contributed by atoms with E-state index in [2.05, 4.69) is 51.2 Å². The second kappa shape index (κ2) is 5.07. The van der Waals surface area contributed by atoms with Gasteiger partial charge in [0.1, 0.15) is 6.07 Å².